The zero-order valence-corrected chi connectivity index (χ0v) is 8.83. The van der Waals surface area contributed by atoms with Gasteiger partial charge in [0.15, 0.2) is 0 Å². The molecule has 1 fully saturated rings. The number of aliphatic hydroxyl groups excluding tert-OH is 1. The summed E-state index contributed by atoms with van der Waals surface area (Å²) in [5.74, 6) is 1.43. The highest BCUT2D eigenvalue weighted by molar-refractivity contribution is 4.76. The highest BCUT2D eigenvalue weighted by Gasteiger charge is 2.29. The number of aliphatic hydroxyl groups is 1. The lowest BCUT2D eigenvalue weighted by molar-refractivity contribution is 0.238. The average molecular weight is 186 g/mol. The third kappa shape index (κ3) is 4.10. The normalized spacial score (nSPS) is 25.6. The zero-order valence-electron chi connectivity index (χ0n) is 8.83. The fraction of sp³-hybridized carbons (Fsp3) is 1.00. The molecule has 2 nitrogen and oxygen atoms in total. The van der Waals surface area contributed by atoms with E-state index in [-0.39, 0.29) is 0 Å². The van der Waals surface area contributed by atoms with Gasteiger partial charge in [-0.2, -0.15) is 0 Å². The van der Waals surface area contributed by atoms with Crippen molar-refractivity contribution in [3.63, 3.8) is 0 Å². The Morgan fingerprint density at radius 2 is 2.08 bits per heavy atom. The summed E-state index contributed by atoms with van der Waals surface area (Å²) < 4.78 is 5.25. The largest absolute Gasteiger partial charge is 0.396 e. The lowest BCUT2D eigenvalue weighted by Gasteiger charge is -2.15. The molecule has 78 valence electrons. The van der Waals surface area contributed by atoms with Crippen LogP contribution in [0, 0.1) is 11.8 Å². The Bertz CT molecular complexity index is 132. The highest BCUT2D eigenvalue weighted by atomic mass is 16.6. The fourth-order valence-electron chi connectivity index (χ4n) is 1.80. The molecule has 2 heteroatoms. The van der Waals surface area contributed by atoms with Crippen LogP contribution in [0.25, 0.3) is 0 Å². The Morgan fingerprint density at radius 1 is 1.38 bits per heavy atom. The maximum atomic E-state index is 8.83. The molecule has 0 aromatic rings. The van der Waals surface area contributed by atoms with E-state index in [4.69, 9.17) is 9.84 Å². The molecule has 1 saturated heterocycles. The molecule has 1 aliphatic heterocycles. The van der Waals surface area contributed by atoms with E-state index in [1.807, 2.05) is 0 Å². The van der Waals surface area contributed by atoms with E-state index >= 15 is 0 Å². The smallest absolute Gasteiger partial charge is 0.0835 e. The Labute approximate surface area is 81.3 Å². The molecule has 0 radical (unpaired) electrons. The molecule has 0 amide bonds. The van der Waals surface area contributed by atoms with Crippen LogP contribution in [0.1, 0.15) is 39.5 Å². The summed E-state index contributed by atoms with van der Waals surface area (Å²) in [6.45, 7) is 5.78. The van der Waals surface area contributed by atoms with Gasteiger partial charge in [0.25, 0.3) is 0 Å². The SMILES string of the molecule is CCC(CCO)CCC(C)C1CO1. The highest BCUT2D eigenvalue weighted by Crippen LogP contribution is 2.26. The van der Waals surface area contributed by atoms with Crippen LogP contribution in [-0.4, -0.2) is 24.4 Å². The summed E-state index contributed by atoms with van der Waals surface area (Å²) >= 11 is 0. The molecule has 3 unspecified atom stereocenters. The number of epoxide rings is 1. The second kappa shape index (κ2) is 5.61. The maximum absolute atomic E-state index is 8.83. The molecule has 1 rings (SSSR count). The van der Waals surface area contributed by atoms with Gasteiger partial charge in [0.05, 0.1) is 12.7 Å². The quantitative estimate of drug-likeness (QED) is 0.618. The fourth-order valence-corrected chi connectivity index (χ4v) is 1.80. The van der Waals surface area contributed by atoms with Crippen molar-refractivity contribution in [3.05, 3.63) is 0 Å². The molecule has 0 saturated carbocycles. The van der Waals surface area contributed by atoms with Crippen molar-refractivity contribution in [2.24, 2.45) is 11.8 Å². The van der Waals surface area contributed by atoms with Crippen molar-refractivity contribution in [2.45, 2.75) is 45.6 Å². The van der Waals surface area contributed by atoms with Crippen molar-refractivity contribution in [1.82, 2.24) is 0 Å². The van der Waals surface area contributed by atoms with E-state index in [0.29, 0.717) is 24.5 Å². The van der Waals surface area contributed by atoms with Gasteiger partial charge in [-0.25, -0.2) is 0 Å². The summed E-state index contributed by atoms with van der Waals surface area (Å²) in [5.41, 5.74) is 0. The van der Waals surface area contributed by atoms with Gasteiger partial charge in [0.2, 0.25) is 0 Å². The van der Waals surface area contributed by atoms with Crippen LogP contribution in [0.2, 0.25) is 0 Å². The number of hydrogen-bond acceptors (Lipinski definition) is 2. The molecule has 0 aromatic carbocycles. The van der Waals surface area contributed by atoms with Gasteiger partial charge in [0, 0.05) is 6.61 Å². The molecule has 1 aliphatic rings. The first-order valence-corrected chi connectivity index (χ1v) is 5.50. The molecular weight excluding hydrogens is 164 g/mol. The van der Waals surface area contributed by atoms with Crippen molar-refractivity contribution in [2.75, 3.05) is 13.2 Å². The summed E-state index contributed by atoms with van der Waals surface area (Å²) in [4.78, 5) is 0. The second-order valence-corrected chi connectivity index (χ2v) is 4.21. The molecule has 1 N–H and O–H groups in total. The lowest BCUT2D eigenvalue weighted by Crippen LogP contribution is -2.08. The minimum absolute atomic E-state index is 0.340. The maximum Gasteiger partial charge on any atom is 0.0835 e. The van der Waals surface area contributed by atoms with Crippen LogP contribution in [0.3, 0.4) is 0 Å². The average Bonchev–Trinajstić information content (AvgIpc) is 2.94. The van der Waals surface area contributed by atoms with Crippen LogP contribution in [0.5, 0.6) is 0 Å². The van der Waals surface area contributed by atoms with Crippen LogP contribution < -0.4 is 0 Å². The molecule has 1 heterocycles. The van der Waals surface area contributed by atoms with E-state index < -0.39 is 0 Å². The first-order chi connectivity index (χ1) is 6.27. The van der Waals surface area contributed by atoms with Crippen LogP contribution >= 0.6 is 0 Å². The van der Waals surface area contributed by atoms with Gasteiger partial charge in [-0.1, -0.05) is 26.7 Å². The van der Waals surface area contributed by atoms with Crippen molar-refractivity contribution < 1.29 is 9.84 Å². The number of hydrogen-bond donors (Lipinski definition) is 1. The first-order valence-electron chi connectivity index (χ1n) is 5.50. The van der Waals surface area contributed by atoms with Gasteiger partial charge in [-0.15, -0.1) is 0 Å². The molecule has 3 atom stereocenters. The third-order valence-corrected chi connectivity index (χ3v) is 3.14. The minimum Gasteiger partial charge on any atom is -0.396 e. The zero-order chi connectivity index (χ0) is 9.68. The molecule has 0 aliphatic carbocycles. The second-order valence-electron chi connectivity index (χ2n) is 4.21. The Balaban J connectivity index is 2.06. The predicted molar refractivity (Wildman–Crippen MR) is 53.6 cm³/mol. The summed E-state index contributed by atoms with van der Waals surface area (Å²) in [7, 11) is 0. The third-order valence-electron chi connectivity index (χ3n) is 3.14. The van der Waals surface area contributed by atoms with Crippen LogP contribution in [0.15, 0.2) is 0 Å². The summed E-state index contributed by atoms with van der Waals surface area (Å²) in [6, 6.07) is 0. The van der Waals surface area contributed by atoms with Crippen LogP contribution in [0.4, 0.5) is 0 Å². The van der Waals surface area contributed by atoms with Crippen molar-refractivity contribution in [3.8, 4) is 0 Å². The summed E-state index contributed by atoms with van der Waals surface area (Å²) in [6.07, 6.45) is 5.21. The molecule has 0 bridgehead atoms. The topological polar surface area (TPSA) is 32.8 Å². The van der Waals surface area contributed by atoms with Gasteiger partial charge >= 0.3 is 0 Å². The van der Waals surface area contributed by atoms with Gasteiger partial charge < -0.3 is 9.84 Å². The number of ether oxygens (including phenoxy) is 1. The van der Waals surface area contributed by atoms with Gasteiger partial charge in [0.1, 0.15) is 0 Å². The van der Waals surface area contributed by atoms with Crippen LogP contribution in [-0.2, 0) is 4.74 Å². The van der Waals surface area contributed by atoms with Gasteiger partial charge in [-0.05, 0) is 24.7 Å². The van der Waals surface area contributed by atoms with E-state index in [2.05, 4.69) is 13.8 Å². The standard InChI is InChI=1S/C11H22O2/c1-3-10(6-7-12)5-4-9(2)11-8-13-11/h9-12H,3-8H2,1-2H3. The Morgan fingerprint density at radius 3 is 2.54 bits per heavy atom. The lowest BCUT2D eigenvalue weighted by atomic mass is 9.91. The number of rotatable bonds is 7. The van der Waals surface area contributed by atoms with E-state index in [0.717, 1.165) is 13.0 Å². The van der Waals surface area contributed by atoms with E-state index in [9.17, 15) is 0 Å². The molecule has 0 spiro atoms. The van der Waals surface area contributed by atoms with Gasteiger partial charge in [-0.3, -0.25) is 0 Å². The van der Waals surface area contributed by atoms with E-state index in [1.54, 1.807) is 0 Å². The molecular formula is C11H22O2. The molecule has 13 heavy (non-hydrogen) atoms. The molecule has 0 aromatic heterocycles. The summed E-state index contributed by atoms with van der Waals surface area (Å²) in [5, 5.41) is 8.83. The van der Waals surface area contributed by atoms with Crippen molar-refractivity contribution in [1.29, 1.82) is 0 Å². The predicted octanol–water partition coefficient (Wildman–Crippen LogP) is 2.21. The Hall–Kier alpha value is -0.0800. The first kappa shape index (κ1) is 11.0. The van der Waals surface area contributed by atoms with E-state index in [1.165, 1.54) is 19.3 Å². The Kier molecular flexibility index (Phi) is 4.74. The minimum atomic E-state index is 0.340. The van der Waals surface area contributed by atoms with Crippen molar-refractivity contribution >= 4 is 0 Å². The monoisotopic (exact) mass is 186 g/mol.